The van der Waals surface area contributed by atoms with Crippen molar-refractivity contribution in [2.24, 2.45) is 0 Å². The first-order valence-electron chi connectivity index (χ1n) is 7.57. The molecule has 24 heavy (non-hydrogen) atoms. The van der Waals surface area contributed by atoms with Crippen LogP contribution in [0.4, 0.5) is 10.1 Å². The molecule has 1 aromatic heterocycles. The number of halogens is 1. The molecule has 0 saturated heterocycles. The minimum absolute atomic E-state index is 0.0296. The molecule has 0 aliphatic carbocycles. The number of fused-ring (bicyclic) bond motifs is 1. The number of benzene rings is 2. The smallest absolute Gasteiger partial charge is 0.246 e. The fourth-order valence-electron chi connectivity index (χ4n) is 2.32. The van der Waals surface area contributed by atoms with E-state index in [0.717, 1.165) is 5.52 Å². The lowest BCUT2D eigenvalue weighted by molar-refractivity contribution is -0.116. The van der Waals surface area contributed by atoms with Crippen LogP contribution in [-0.2, 0) is 11.3 Å². The van der Waals surface area contributed by atoms with Gasteiger partial charge in [0.1, 0.15) is 23.6 Å². The average molecular weight is 328 g/mol. The Morgan fingerprint density at radius 2 is 2.08 bits per heavy atom. The summed E-state index contributed by atoms with van der Waals surface area (Å²) in [5, 5.41) is 10.6. The lowest BCUT2D eigenvalue weighted by Gasteiger charge is -2.15. The lowest BCUT2D eigenvalue weighted by Crippen LogP contribution is -2.20. The Kier molecular flexibility index (Phi) is 4.41. The van der Waals surface area contributed by atoms with Crippen LogP contribution in [0.3, 0.4) is 0 Å². The van der Waals surface area contributed by atoms with Crippen LogP contribution in [0, 0.1) is 5.82 Å². The molecule has 0 radical (unpaired) electrons. The van der Waals surface area contributed by atoms with Gasteiger partial charge in [-0.2, -0.15) is 0 Å². The molecule has 0 unspecified atom stereocenters. The molecule has 6 nitrogen and oxygen atoms in total. The highest BCUT2D eigenvalue weighted by atomic mass is 19.1. The van der Waals surface area contributed by atoms with E-state index in [2.05, 4.69) is 15.6 Å². The third-order valence-corrected chi connectivity index (χ3v) is 3.29. The first kappa shape index (κ1) is 15.9. The third kappa shape index (κ3) is 3.51. The summed E-state index contributed by atoms with van der Waals surface area (Å²) in [7, 11) is 0. The number of hydrogen-bond acceptors (Lipinski definition) is 4. The number of carbonyl (C=O) groups is 1. The number of carbonyl (C=O) groups excluding carboxylic acids is 1. The molecule has 0 atom stereocenters. The Balaban J connectivity index is 1.78. The Morgan fingerprint density at radius 1 is 1.29 bits per heavy atom. The van der Waals surface area contributed by atoms with Gasteiger partial charge in [-0.3, -0.25) is 4.79 Å². The number of para-hydroxylation sites is 1. The largest absolute Gasteiger partial charge is 0.489 e. The standard InChI is InChI=1S/C17H17FN4O2/c1-11(2)24-16-8-7-12(18)9-14(16)19-17(23)10-22-15-6-4-3-5-13(15)20-21-22/h3-9,11H,10H2,1-2H3,(H,19,23). The first-order valence-corrected chi connectivity index (χ1v) is 7.57. The third-order valence-electron chi connectivity index (χ3n) is 3.29. The van der Waals surface area contributed by atoms with Crippen LogP contribution in [0.25, 0.3) is 11.0 Å². The van der Waals surface area contributed by atoms with E-state index in [4.69, 9.17) is 4.74 Å². The lowest BCUT2D eigenvalue weighted by atomic mass is 10.2. The number of anilines is 1. The number of aromatic nitrogens is 3. The molecule has 2 aromatic carbocycles. The molecule has 1 N–H and O–H groups in total. The second-order valence-corrected chi connectivity index (χ2v) is 5.59. The predicted octanol–water partition coefficient (Wildman–Crippen LogP) is 3.00. The fourth-order valence-corrected chi connectivity index (χ4v) is 2.32. The highest BCUT2D eigenvalue weighted by Crippen LogP contribution is 2.26. The number of rotatable bonds is 5. The molecule has 3 aromatic rings. The van der Waals surface area contributed by atoms with Gasteiger partial charge in [-0.1, -0.05) is 17.3 Å². The van der Waals surface area contributed by atoms with Crippen LogP contribution in [-0.4, -0.2) is 27.0 Å². The maximum Gasteiger partial charge on any atom is 0.246 e. The van der Waals surface area contributed by atoms with E-state index in [1.165, 1.54) is 22.9 Å². The van der Waals surface area contributed by atoms with Crippen LogP contribution in [0.1, 0.15) is 13.8 Å². The van der Waals surface area contributed by atoms with Gasteiger partial charge in [-0.15, -0.1) is 5.10 Å². The van der Waals surface area contributed by atoms with Gasteiger partial charge in [0, 0.05) is 6.07 Å². The zero-order valence-electron chi connectivity index (χ0n) is 13.4. The summed E-state index contributed by atoms with van der Waals surface area (Å²) >= 11 is 0. The fraction of sp³-hybridized carbons (Fsp3) is 0.235. The maximum absolute atomic E-state index is 13.5. The van der Waals surface area contributed by atoms with E-state index in [-0.39, 0.29) is 24.2 Å². The first-order chi connectivity index (χ1) is 11.5. The SMILES string of the molecule is CC(C)Oc1ccc(F)cc1NC(=O)Cn1nnc2ccccc21. The van der Waals surface area contributed by atoms with Gasteiger partial charge in [-0.25, -0.2) is 9.07 Å². The molecule has 0 bridgehead atoms. The molecule has 0 spiro atoms. The minimum Gasteiger partial charge on any atom is -0.489 e. The Hall–Kier alpha value is -2.96. The van der Waals surface area contributed by atoms with Crippen molar-refractivity contribution in [3.8, 4) is 5.75 Å². The molecular weight excluding hydrogens is 311 g/mol. The Morgan fingerprint density at radius 3 is 2.88 bits per heavy atom. The summed E-state index contributed by atoms with van der Waals surface area (Å²) < 4.78 is 20.6. The van der Waals surface area contributed by atoms with Gasteiger partial charge in [0.05, 0.1) is 17.3 Å². The molecule has 0 aliphatic rings. The van der Waals surface area contributed by atoms with Crippen molar-refractivity contribution in [3.05, 3.63) is 48.3 Å². The predicted molar refractivity (Wildman–Crippen MR) is 88.3 cm³/mol. The normalized spacial score (nSPS) is 11.0. The molecule has 7 heteroatoms. The summed E-state index contributed by atoms with van der Waals surface area (Å²) in [5.74, 6) is -0.374. The molecule has 3 rings (SSSR count). The van der Waals surface area contributed by atoms with Crippen LogP contribution < -0.4 is 10.1 Å². The molecular formula is C17H17FN4O2. The molecule has 1 amide bonds. The summed E-state index contributed by atoms with van der Waals surface area (Å²) in [5.41, 5.74) is 1.75. The van der Waals surface area contributed by atoms with E-state index in [1.54, 1.807) is 0 Å². The Bertz CT molecular complexity index is 876. The van der Waals surface area contributed by atoms with Gasteiger partial charge in [0.25, 0.3) is 0 Å². The molecule has 0 saturated carbocycles. The second kappa shape index (κ2) is 6.66. The molecule has 1 heterocycles. The quantitative estimate of drug-likeness (QED) is 0.782. The van der Waals surface area contributed by atoms with E-state index >= 15 is 0 Å². The van der Waals surface area contributed by atoms with Crippen LogP contribution in [0.2, 0.25) is 0 Å². The summed E-state index contributed by atoms with van der Waals surface area (Å²) in [6.45, 7) is 3.69. The topological polar surface area (TPSA) is 69.0 Å². The van der Waals surface area contributed by atoms with Gasteiger partial charge < -0.3 is 10.1 Å². The number of nitrogens with one attached hydrogen (secondary N) is 1. The van der Waals surface area contributed by atoms with Crippen molar-refractivity contribution in [2.75, 3.05) is 5.32 Å². The van der Waals surface area contributed by atoms with E-state index in [9.17, 15) is 9.18 Å². The van der Waals surface area contributed by atoms with E-state index < -0.39 is 5.82 Å². The number of hydrogen-bond donors (Lipinski definition) is 1. The van der Waals surface area contributed by atoms with Crippen molar-refractivity contribution in [2.45, 2.75) is 26.5 Å². The van der Waals surface area contributed by atoms with Gasteiger partial charge in [-0.05, 0) is 38.1 Å². The van der Waals surface area contributed by atoms with Crippen molar-refractivity contribution in [1.29, 1.82) is 0 Å². The van der Waals surface area contributed by atoms with Gasteiger partial charge in [0.2, 0.25) is 5.91 Å². The van der Waals surface area contributed by atoms with Crippen molar-refractivity contribution < 1.29 is 13.9 Å². The number of amides is 1. The van der Waals surface area contributed by atoms with E-state index in [0.29, 0.717) is 11.3 Å². The number of nitrogens with zero attached hydrogens (tertiary/aromatic N) is 3. The minimum atomic E-state index is -0.451. The van der Waals surface area contributed by atoms with Crippen molar-refractivity contribution in [3.63, 3.8) is 0 Å². The average Bonchev–Trinajstić information content (AvgIpc) is 2.93. The maximum atomic E-state index is 13.5. The highest BCUT2D eigenvalue weighted by Gasteiger charge is 2.13. The molecule has 124 valence electrons. The van der Waals surface area contributed by atoms with Crippen LogP contribution >= 0.6 is 0 Å². The highest BCUT2D eigenvalue weighted by molar-refractivity contribution is 5.92. The van der Waals surface area contributed by atoms with Crippen LogP contribution in [0.5, 0.6) is 5.75 Å². The van der Waals surface area contributed by atoms with E-state index in [1.807, 2.05) is 38.1 Å². The second-order valence-electron chi connectivity index (χ2n) is 5.59. The monoisotopic (exact) mass is 328 g/mol. The number of ether oxygens (including phenoxy) is 1. The summed E-state index contributed by atoms with van der Waals surface area (Å²) in [6, 6.07) is 11.4. The summed E-state index contributed by atoms with van der Waals surface area (Å²) in [6.07, 6.45) is -0.0922. The summed E-state index contributed by atoms with van der Waals surface area (Å²) in [4.78, 5) is 12.3. The Labute approximate surface area is 138 Å². The van der Waals surface area contributed by atoms with Gasteiger partial charge in [0.15, 0.2) is 0 Å². The van der Waals surface area contributed by atoms with Crippen molar-refractivity contribution >= 4 is 22.6 Å². The molecule has 0 fully saturated rings. The zero-order chi connectivity index (χ0) is 17.1. The zero-order valence-corrected chi connectivity index (χ0v) is 13.4. The van der Waals surface area contributed by atoms with Crippen LogP contribution in [0.15, 0.2) is 42.5 Å². The van der Waals surface area contributed by atoms with Gasteiger partial charge >= 0.3 is 0 Å². The van der Waals surface area contributed by atoms with Crippen molar-refractivity contribution in [1.82, 2.24) is 15.0 Å². The molecule has 0 aliphatic heterocycles.